The van der Waals surface area contributed by atoms with Crippen LogP contribution in [0.3, 0.4) is 0 Å². The van der Waals surface area contributed by atoms with E-state index in [4.69, 9.17) is 33.2 Å². The van der Waals surface area contributed by atoms with E-state index in [9.17, 15) is 0 Å². The summed E-state index contributed by atoms with van der Waals surface area (Å²) < 4.78 is 44.9. The summed E-state index contributed by atoms with van der Waals surface area (Å²) in [6.07, 6.45) is 10.4. The first-order chi connectivity index (χ1) is 18.0. The van der Waals surface area contributed by atoms with Crippen LogP contribution in [0.4, 0.5) is 0 Å². The molecule has 0 bridgehead atoms. The highest BCUT2D eigenvalue weighted by Crippen LogP contribution is 2.48. The largest absolute Gasteiger partial charge is 0.494 e. The van der Waals surface area contributed by atoms with Crippen molar-refractivity contribution in [3.63, 3.8) is 0 Å². The maximum absolute atomic E-state index is 6.64. The minimum absolute atomic E-state index is 0.181. The van der Waals surface area contributed by atoms with Gasteiger partial charge in [-0.2, -0.15) is 0 Å². The summed E-state index contributed by atoms with van der Waals surface area (Å²) in [5.74, 6) is 0.557. The predicted octanol–water partition coefficient (Wildman–Crippen LogP) is 5.87. The first kappa shape index (κ1) is 26.0. The predicted molar refractivity (Wildman–Crippen MR) is 137 cm³/mol. The Kier molecular flexibility index (Phi) is 7.81. The van der Waals surface area contributed by atoms with E-state index in [1.807, 2.05) is 12.1 Å². The van der Waals surface area contributed by atoms with Gasteiger partial charge in [-0.1, -0.05) is 38.8 Å². The van der Waals surface area contributed by atoms with Gasteiger partial charge in [-0.05, 0) is 55.7 Å². The molecule has 7 heteroatoms. The summed E-state index contributed by atoms with van der Waals surface area (Å²) in [6.45, 7) is 6.15. The molecule has 5 aliphatic rings. The Labute approximate surface area is 221 Å². The third-order valence-corrected chi connectivity index (χ3v) is 8.69. The van der Waals surface area contributed by atoms with Crippen LogP contribution in [-0.4, -0.2) is 55.5 Å². The SMILES string of the molecule is CC(C)CCOc1ccc(CO[C@@H]2[C@H]3OC4(CCCCC4)O[C@H]3O[C@@H]2[C@@H]2COC3(CCCCC3)O2)cc1. The van der Waals surface area contributed by atoms with E-state index in [1.165, 1.54) is 12.8 Å². The summed E-state index contributed by atoms with van der Waals surface area (Å²) in [7, 11) is 0. The number of hydrogen-bond acceptors (Lipinski definition) is 7. The minimum Gasteiger partial charge on any atom is -0.494 e. The zero-order valence-corrected chi connectivity index (χ0v) is 22.5. The molecule has 0 radical (unpaired) electrons. The smallest absolute Gasteiger partial charge is 0.190 e. The van der Waals surface area contributed by atoms with E-state index in [1.54, 1.807) is 0 Å². The van der Waals surface area contributed by atoms with Gasteiger partial charge in [0.05, 0.1) is 19.8 Å². The summed E-state index contributed by atoms with van der Waals surface area (Å²) in [6, 6.07) is 8.20. The van der Waals surface area contributed by atoms with Gasteiger partial charge in [0.25, 0.3) is 0 Å². The van der Waals surface area contributed by atoms with Crippen LogP contribution in [0.5, 0.6) is 5.75 Å². The lowest BCUT2D eigenvalue weighted by molar-refractivity contribution is -0.263. The number of benzene rings is 1. The van der Waals surface area contributed by atoms with E-state index in [0.29, 0.717) is 19.1 Å². The number of fused-ring (bicyclic) bond motifs is 1. The second-order valence-electron chi connectivity index (χ2n) is 12.0. The molecule has 1 aromatic rings. The van der Waals surface area contributed by atoms with E-state index >= 15 is 0 Å². The lowest BCUT2D eigenvalue weighted by atomic mass is 9.94. The second kappa shape index (κ2) is 11.1. The molecule has 6 rings (SSSR count). The number of ether oxygens (including phenoxy) is 7. The van der Waals surface area contributed by atoms with Crippen molar-refractivity contribution in [2.45, 2.75) is 133 Å². The minimum atomic E-state index is -0.521. The molecule has 2 saturated carbocycles. The maximum atomic E-state index is 6.64. The number of rotatable bonds is 8. The zero-order valence-electron chi connectivity index (χ0n) is 22.5. The van der Waals surface area contributed by atoms with Crippen molar-refractivity contribution in [2.75, 3.05) is 13.2 Å². The lowest BCUT2D eigenvalue weighted by Crippen LogP contribution is -2.45. The van der Waals surface area contributed by atoms with Crippen molar-refractivity contribution in [2.24, 2.45) is 5.92 Å². The van der Waals surface area contributed by atoms with E-state index < -0.39 is 17.9 Å². The molecule has 0 N–H and O–H groups in total. The molecule has 0 aromatic heterocycles. The van der Waals surface area contributed by atoms with Gasteiger partial charge in [0.15, 0.2) is 17.9 Å². The van der Waals surface area contributed by atoms with Gasteiger partial charge in [0, 0.05) is 25.7 Å². The monoisotopic (exact) mass is 516 g/mol. The Morgan fingerprint density at radius 1 is 0.838 bits per heavy atom. The third-order valence-electron chi connectivity index (χ3n) is 8.69. The van der Waals surface area contributed by atoms with Crippen LogP contribution in [-0.2, 0) is 35.0 Å². The summed E-state index contributed by atoms with van der Waals surface area (Å²) in [5, 5.41) is 0. The van der Waals surface area contributed by atoms with Crippen molar-refractivity contribution in [3.05, 3.63) is 29.8 Å². The molecule has 3 saturated heterocycles. The average Bonchev–Trinajstić information content (AvgIpc) is 3.55. The molecule has 2 spiro atoms. The maximum Gasteiger partial charge on any atom is 0.190 e. The second-order valence-corrected chi connectivity index (χ2v) is 12.0. The molecule has 37 heavy (non-hydrogen) atoms. The van der Waals surface area contributed by atoms with Gasteiger partial charge in [0.1, 0.15) is 30.2 Å². The van der Waals surface area contributed by atoms with Crippen LogP contribution >= 0.6 is 0 Å². The molecule has 5 atom stereocenters. The fourth-order valence-corrected chi connectivity index (χ4v) is 6.55. The topological polar surface area (TPSA) is 64.6 Å². The third kappa shape index (κ3) is 5.73. The van der Waals surface area contributed by atoms with Crippen molar-refractivity contribution < 1.29 is 33.2 Å². The standard InChI is InChI=1S/C30H44O7/c1-21(2)13-18-31-23-11-9-22(10-12-23)19-32-26-25(24-20-33-29(35-24)14-5-3-6-15-29)34-28-27(26)36-30(37-28)16-7-4-8-17-30/h9-12,21,24-28H,3-8,13-20H2,1-2H3/t24-,25+,26-,27+,28+/m0/s1. The Hall–Kier alpha value is -1.22. The number of hydrogen-bond donors (Lipinski definition) is 0. The van der Waals surface area contributed by atoms with Crippen molar-refractivity contribution in [3.8, 4) is 5.75 Å². The molecule has 3 heterocycles. The highest BCUT2D eigenvalue weighted by atomic mass is 16.9. The average molecular weight is 517 g/mol. The zero-order chi connectivity index (χ0) is 25.3. The van der Waals surface area contributed by atoms with Crippen molar-refractivity contribution in [1.82, 2.24) is 0 Å². The quantitative estimate of drug-likeness (QED) is 0.428. The van der Waals surface area contributed by atoms with Crippen LogP contribution in [0.1, 0.15) is 90.0 Å². The first-order valence-electron chi connectivity index (χ1n) is 14.7. The molecule has 5 fully saturated rings. The lowest BCUT2D eigenvalue weighted by Gasteiger charge is -2.35. The first-order valence-corrected chi connectivity index (χ1v) is 14.7. The molecule has 206 valence electrons. The van der Waals surface area contributed by atoms with Crippen LogP contribution in [0.15, 0.2) is 24.3 Å². The van der Waals surface area contributed by atoms with Crippen LogP contribution in [0.2, 0.25) is 0 Å². The molecular formula is C30H44O7. The molecule has 2 aliphatic carbocycles. The van der Waals surface area contributed by atoms with Gasteiger partial charge in [-0.25, -0.2) is 0 Å². The van der Waals surface area contributed by atoms with Crippen molar-refractivity contribution in [1.29, 1.82) is 0 Å². The summed E-state index contributed by atoms with van der Waals surface area (Å²) in [4.78, 5) is 0. The molecule has 1 aromatic carbocycles. The van der Waals surface area contributed by atoms with Gasteiger partial charge in [-0.15, -0.1) is 0 Å². The summed E-state index contributed by atoms with van der Waals surface area (Å²) >= 11 is 0. The molecule has 3 aliphatic heterocycles. The molecular weight excluding hydrogens is 472 g/mol. The Balaban J connectivity index is 1.12. The fourth-order valence-electron chi connectivity index (χ4n) is 6.55. The van der Waals surface area contributed by atoms with E-state index in [2.05, 4.69) is 26.0 Å². The normalized spacial score (nSPS) is 34.4. The van der Waals surface area contributed by atoms with Crippen LogP contribution < -0.4 is 4.74 Å². The fraction of sp³-hybridized carbons (Fsp3) is 0.800. The highest BCUT2D eigenvalue weighted by molar-refractivity contribution is 5.27. The van der Waals surface area contributed by atoms with Gasteiger partial charge < -0.3 is 33.2 Å². The molecule has 0 amide bonds. The Morgan fingerprint density at radius 3 is 2.24 bits per heavy atom. The van der Waals surface area contributed by atoms with Gasteiger partial charge in [0.2, 0.25) is 0 Å². The molecule has 7 nitrogen and oxygen atoms in total. The van der Waals surface area contributed by atoms with E-state index in [0.717, 1.165) is 75.7 Å². The van der Waals surface area contributed by atoms with Crippen molar-refractivity contribution >= 4 is 0 Å². The van der Waals surface area contributed by atoms with Crippen LogP contribution in [0.25, 0.3) is 0 Å². The van der Waals surface area contributed by atoms with Gasteiger partial charge in [-0.3, -0.25) is 0 Å². The Morgan fingerprint density at radius 2 is 1.54 bits per heavy atom. The molecule has 0 unspecified atom stereocenters. The van der Waals surface area contributed by atoms with E-state index in [-0.39, 0.29) is 24.4 Å². The van der Waals surface area contributed by atoms with Crippen LogP contribution in [0, 0.1) is 5.92 Å². The Bertz CT molecular complexity index is 874. The highest BCUT2D eigenvalue weighted by Gasteiger charge is 2.61. The van der Waals surface area contributed by atoms with Gasteiger partial charge >= 0.3 is 0 Å². The summed E-state index contributed by atoms with van der Waals surface area (Å²) in [5.41, 5.74) is 1.09.